The van der Waals surface area contributed by atoms with Gasteiger partial charge in [-0.1, -0.05) is 102 Å². The van der Waals surface area contributed by atoms with Gasteiger partial charge >= 0.3 is 22.6 Å². The van der Waals surface area contributed by atoms with E-state index in [0.717, 1.165) is 27.8 Å². The number of thiazole rings is 1. The summed E-state index contributed by atoms with van der Waals surface area (Å²) in [6, 6.07) is 35.5. The normalized spacial score (nSPS) is 15.4. The molecular formula is C58H73N9O12S2. The Morgan fingerprint density at radius 1 is 0.815 bits per heavy atom. The Hall–Kier alpha value is -7.60. The molecule has 3 amide bonds. The van der Waals surface area contributed by atoms with Crippen molar-refractivity contribution in [3.05, 3.63) is 148 Å². The molecule has 1 aromatic heterocycles. The number of carbonyl (C=O) groups is 4. The number of amides is 3. The lowest BCUT2D eigenvalue weighted by atomic mass is 9.74. The van der Waals surface area contributed by atoms with E-state index in [-0.39, 0.29) is 24.6 Å². The summed E-state index contributed by atoms with van der Waals surface area (Å²) < 4.78 is 53.9. The Morgan fingerprint density at radius 2 is 1.36 bits per heavy atom. The van der Waals surface area contributed by atoms with Gasteiger partial charge < -0.3 is 44.8 Å². The molecule has 0 spiro atoms. The number of nitrogens with one attached hydrogen (secondary N) is 4. The highest BCUT2D eigenvalue weighted by Crippen LogP contribution is 2.42. The lowest BCUT2D eigenvalue weighted by Gasteiger charge is -2.50. The molecular weight excluding hydrogens is 1080 g/mol. The van der Waals surface area contributed by atoms with E-state index in [4.69, 9.17) is 24.0 Å². The van der Waals surface area contributed by atoms with Gasteiger partial charge in [0.05, 0.1) is 11.5 Å². The number of hydrogen-bond acceptors (Lipinski definition) is 16. The number of anilines is 1. The number of ketones is 1. The molecule has 0 radical (unpaired) electrons. The molecule has 2 aliphatic heterocycles. The number of nitrogens with zero attached hydrogens (tertiary/aromatic N) is 5. The van der Waals surface area contributed by atoms with Crippen LogP contribution in [0.5, 0.6) is 5.75 Å². The highest BCUT2D eigenvalue weighted by Gasteiger charge is 2.57. The maximum Gasteiger partial charge on any atom is 0.418 e. The fraction of sp³-hybridized carbons (Fsp3) is 0.431. The molecule has 0 unspecified atom stereocenters. The minimum absolute atomic E-state index is 0.0365. The second-order valence-corrected chi connectivity index (χ2v) is 23.9. The van der Waals surface area contributed by atoms with E-state index in [1.165, 1.54) is 25.2 Å². The summed E-state index contributed by atoms with van der Waals surface area (Å²) in [4.78, 5) is 66.8. The van der Waals surface area contributed by atoms with Gasteiger partial charge in [-0.2, -0.15) is 13.5 Å². The minimum atomic E-state index is -5.03. The van der Waals surface area contributed by atoms with Gasteiger partial charge in [-0.05, 0) is 115 Å². The first kappa shape index (κ1) is 61.0. The van der Waals surface area contributed by atoms with Gasteiger partial charge in [-0.3, -0.25) is 19.6 Å². The number of hydrogen-bond donors (Lipinski definition) is 5. The van der Waals surface area contributed by atoms with E-state index in [1.807, 2.05) is 119 Å². The van der Waals surface area contributed by atoms with Crippen LogP contribution in [0.1, 0.15) is 108 Å². The zero-order chi connectivity index (χ0) is 58.6. The van der Waals surface area contributed by atoms with Crippen molar-refractivity contribution in [2.75, 3.05) is 51.3 Å². The predicted octanol–water partition coefficient (Wildman–Crippen LogP) is 8.70. The fourth-order valence-corrected chi connectivity index (χ4v) is 10.7. The molecule has 3 heterocycles. The predicted molar refractivity (Wildman–Crippen MR) is 307 cm³/mol. The largest absolute Gasteiger partial charge is 0.490 e. The summed E-state index contributed by atoms with van der Waals surface area (Å²) in [5.74, 6) is -1.57. The SMILES string of the molecule is CC(C)(C)OC(=O)NCCCN(CCCNC(=O)OC(C)(C)C)C(=N)N1CCc2cc(OCCO/N=C(\C(=O)C[C@@H]3C(=O)N(OS(=O)(=O)O)C3(C)C)c3csc(NC(c4ccccc4)(c4ccccc4)c4ccccc4)n3)ccc2C1. The quantitative estimate of drug-likeness (QED) is 0.00736. The maximum absolute atomic E-state index is 14.4. The smallest absolute Gasteiger partial charge is 0.418 e. The van der Waals surface area contributed by atoms with Crippen LogP contribution in [0.15, 0.2) is 120 Å². The van der Waals surface area contributed by atoms with Crippen molar-refractivity contribution in [3.8, 4) is 5.75 Å². The highest BCUT2D eigenvalue weighted by molar-refractivity contribution is 7.80. The van der Waals surface area contributed by atoms with Crippen LogP contribution >= 0.6 is 11.3 Å². The van der Waals surface area contributed by atoms with Gasteiger partial charge in [0.15, 0.2) is 29.2 Å². The van der Waals surface area contributed by atoms with Gasteiger partial charge in [0.1, 0.15) is 34.8 Å². The summed E-state index contributed by atoms with van der Waals surface area (Å²) >= 11 is 1.24. The van der Waals surface area contributed by atoms with E-state index in [2.05, 4.69) is 25.4 Å². The summed E-state index contributed by atoms with van der Waals surface area (Å²) in [5, 5.41) is 25.5. The molecule has 0 bridgehead atoms. The second kappa shape index (κ2) is 26.3. The van der Waals surface area contributed by atoms with Crippen molar-refractivity contribution < 1.29 is 55.5 Å². The molecule has 1 atom stereocenters. The van der Waals surface area contributed by atoms with Crippen molar-refractivity contribution in [1.29, 1.82) is 5.41 Å². The third-order valence-corrected chi connectivity index (χ3v) is 14.4. The number of rotatable bonds is 24. The number of ether oxygens (including phenoxy) is 3. The first-order valence-electron chi connectivity index (χ1n) is 26.7. The average molecular weight is 1150 g/mol. The first-order chi connectivity index (χ1) is 38.3. The Morgan fingerprint density at radius 3 is 1.86 bits per heavy atom. The van der Waals surface area contributed by atoms with Crippen molar-refractivity contribution in [2.45, 2.75) is 110 Å². The molecule has 7 rings (SSSR count). The van der Waals surface area contributed by atoms with E-state index in [9.17, 15) is 37.6 Å². The first-order valence-corrected chi connectivity index (χ1v) is 29.0. The van der Waals surface area contributed by atoms with E-state index in [0.29, 0.717) is 80.4 Å². The molecule has 23 heteroatoms. The summed E-state index contributed by atoms with van der Waals surface area (Å²) in [6.07, 6.45) is 0.305. The number of benzene rings is 4. The average Bonchev–Trinajstić information content (AvgIpc) is 3.38. The number of guanidine groups is 1. The van der Waals surface area contributed by atoms with E-state index >= 15 is 0 Å². The third-order valence-electron chi connectivity index (χ3n) is 13.3. The zero-order valence-corrected chi connectivity index (χ0v) is 48.7. The topological polar surface area (TPSA) is 264 Å². The lowest BCUT2D eigenvalue weighted by Crippen LogP contribution is -2.68. The minimum Gasteiger partial charge on any atom is -0.490 e. The van der Waals surface area contributed by atoms with Crippen molar-refractivity contribution >= 4 is 62.4 Å². The standard InChI is InChI=1S/C58H73N9O12S2/c1-55(2,3)77-53(70)60-29-18-31-65(32-19-30-61-54(71)78-56(4,5)6)51(59)66-33-28-40-36-45(27-26-41(40)38-66)75-34-35-76-64-49(48(68)37-46-50(69)67(57(46,7)8)79-81(72,73)74)47-39-80-52(62-47)63-58(42-20-12-9-13-21-42,43-22-14-10-15-23-43)44-24-16-11-17-25-44/h9-17,20-27,36,39,46,59H,18-19,28-35,37-38H2,1-8H3,(H,60,70)(H,61,71)(H,62,63)(H,72,73,74)/b59-51?,64-49-/t46-/m1/s1. The Bertz CT molecular complexity index is 3000. The Labute approximate surface area is 477 Å². The summed E-state index contributed by atoms with van der Waals surface area (Å²) in [6.45, 7) is 16.4. The van der Waals surface area contributed by atoms with Crippen molar-refractivity contribution in [2.24, 2.45) is 11.1 Å². The maximum atomic E-state index is 14.4. The summed E-state index contributed by atoms with van der Waals surface area (Å²) in [7, 11) is -5.03. The van der Waals surface area contributed by atoms with Gasteiger partial charge in [0.2, 0.25) is 0 Å². The van der Waals surface area contributed by atoms with Crippen LogP contribution < -0.4 is 20.7 Å². The fourth-order valence-electron chi connectivity index (χ4n) is 9.45. The van der Waals surface area contributed by atoms with Crippen molar-refractivity contribution in [1.82, 2.24) is 30.5 Å². The molecule has 1 fully saturated rings. The van der Waals surface area contributed by atoms with Crippen LogP contribution in [-0.2, 0) is 57.1 Å². The molecule has 5 aromatic rings. The van der Waals surface area contributed by atoms with Crippen LogP contribution in [0.3, 0.4) is 0 Å². The molecule has 0 saturated carbocycles. The molecule has 1 saturated heterocycles. The molecule has 81 heavy (non-hydrogen) atoms. The second-order valence-electron chi connectivity index (χ2n) is 22.1. The number of hydroxylamine groups is 2. The lowest BCUT2D eigenvalue weighted by molar-refractivity contribution is -0.228. The van der Waals surface area contributed by atoms with Crippen LogP contribution in [0, 0.1) is 11.3 Å². The van der Waals surface area contributed by atoms with E-state index < -0.39 is 68.9 Å². The molecule has 21 nitrogen and oxygen atoms in total. The highest BCUT2D eigenvalue weighted by atomic mass is 32.3. The number of fused-ring (bicyclic) bond motifs is 1. The van der Waals surface area contributed by atoms with Gasteiger partial charge in [-0.15, -0.1) is 15.6 Å². The Kier molecular flexibility index (Phi) is 19.8. The van der Waals surface area contributed by atoms with Gasteiger partial charge in [0.25, 0.3) is 5.91 Å². The Balaban J connectivity index is 1.03. The van der Waals surface area contributed by atoms with Crippen LogP contribution in [0.4, 0.5) is 14.7 Å². The number of β-lactam (4-membered cyclic amide) rings is 1. The summed E-state index contributed by atoms with van der Waals surface area (Å²) in [5.41, 5.74) is 1.33. The zero-order valence-electron chi connectivity index (χ0n) is 47.0. The van der Waals surface area contributed by atoms with Crippen LogP contribution in [0.2, 0.25) is 0 Å². The molecule has 5 N–H and O–H groups in total. The van der Waals surface area contributed by atoms with Gasteiger partial charge in [-0.25, -0.2) is 14.6 Å². The monoisotopic (exact) mass is 1150 g/mol. The molecule has 0 aliphatic carbocycles. The number of oxime groups is 1. The molecule has 434 valence electrons. The molecule has 4 aromatic carbocycles. The molecule has 2 aliphatic rings. The number of carbonyl (C=O) groups excluding carboxylic acids is 4. The van der Waals surface area contributed by atoms with E-state index in [1.54, 1.807) is 46.9 Å². The van der Waals surface area contributed by atoms with Crippen LogP contribution in [0.25, 0.3) is 0 Å². The number of Topliss-reactive ketones (excluding diaryl/α,β-unsaturated/α-hetero) is 1. The van der Waals surface area contributed by atoms with Gasteiger partial charge in [0, 0.05) is 51.1 Å². The number of alkyl carbamates (subject to hydrolysis) is 2. The van der Waals surface area contributed by atoms with Crippen molar-refractivity contribution in [3.63, 3.8) is 0 Å². The number of aromatic nitrogens is 1. The van der Waals surface area contributed by atoms with Crippen LogP contribution in [-0.4, -0.2) is 131 Å². The third kappa shape index (κ3) is 16.5.